The van der Waals surface area contributed by atoms with Gasteiger partial charge in [0.1, 0.15) is 12.4 Å². The molecule has 3 aromatic rings. The Hall–Kier alpha value is -3.09. The lowest BCUT2D eigenvalue weighted by atomic mass is 10.1. The Labute approximate surface area is 201 Å². The maximum absolute atomic E-state index is 13.0. The highest BCUT2D eigenvalue weighted by Gasteiger charge is 2.31. The zero-order chi connectivity index (χ0) is 23.4. The number of hydrogen-bond donors (Lipinski definition) is 1. The van der Waals surface area contributed by atoms with Crippen LogP contribution in [0.5, 0.6) is 5.75 Å². The molecule has 33 heavy (non-hydrogen) atoms. The Morgan fingerprint density at radius 3 is 2.33 bits per heavy atom. The fourth-order valence-electron chi connectivity index (χ4n) is 3.94. The Morgan fingerprint density at radius 2 is 1.67 bits per heavy atom. The number of nitrogens with zero attached hydrogens (tertiary/aromatic N) is 2. The van der Waals surface area contributed by atoms with Gasteiger partial charge in [0, 0.05) is 16.6 Å². The van der Waals surface area contributed by atoms with Crippen LogP contribution in [0.3, 0.4) is 0 Å². The molecule has 0 aliphatic carbocycles. The molecule has 2 heterocycles. The second kappa shape index (κ2) is 10.2. The predicted octanol–water partition coefficient (Wildman–Crippen LogP) is 5.57. The first kappa shape index (κ1) is 23.1. The number of benzene rings is 2. The fraction of sp³-hybridized carbons (Fsp3) is 0.240. The molecule has 2 aromatic carbocycles. The summed E-state index contributed by atoms with van der Waals surface area (Å²) in [6.07, 6.45) is 1.90. The average Bonchev–Trinajstić information content (AvgIpc) is 3.30. The highest BCUT2D eigenvalue weighted by molar-refractivity contribution is 6.30. The number of ether oxygens (including phenoxy) is 1. The number of carbonyl (C=O) groups is 2. The normalized spacial score (nSPS) is 15.5. The minimum absolute atomic E-state index is 0.00268. The minimum atomic E-state index is -1.08. The Balaban J connectivity index is 1.53. The zero-order valence-corrected chi connectivity index (χ0v) is 19.2. The summed E-state index contributed by atoms with van der Waals surface area (Å²) in [7, 11) is 0. The second-order valence-electron chi connectivity index (χ2n) is 7.83. The van der Waals surface area contributed by atoms with Crippen molar-refractivity contribution in [2.45, 2.75) is 31.9 Å². The number of carbonyl (C=O) groups excluding carboxylic acids is 1. The van der Waals surface area contributed by atoms with E-state index in [1.165, 1.54) is 6.07 Å². The number of carboxylic acid groups (broad SMARTS) is 1. The summed E-state index contributed by atoms with van der Waals surface area (Å²) in [5.41, 5.74) is 1.94. The molecule has 1 aliphatic heterocycles. The number of rotatable bonds is 7. The van der Waals surface area contributed by atoms with E-state index in [0.717, 1.165) is 18.4 Å². The van der Waals surface area contributed by atoms with Crippen LogP contribution in [0.1, 0.15) is 46.2 Å². The monoisotopic (exact) mass is 484 g/mol. The van der Waals surface area contributed by atoms with Crippen LogP contribution in [-0.4, -0.2) is 33.4 Å². The van der Waals surface area contributed by atoms with E-state index in [0.29, 0.717) is 33.7 Å². The quantitative estimate of drug-likeness (QED) is 0.473. The maximum atomic E-state index is 13.0. The predicted molar refractivity (Wildman–Crippen MR) is 126 cm³/mol. The van der Waals surface area contributed by atoms with E-state index in [1.54, 1.807) is 42.5 Å². The topological polar surface area (TPSA) is 79.7 Å². The standard InChI is InChI=1S/C25H22Cl2N2O4/c26-17-5-3-16(4-6-17)14-24(30)29-13-1-2-23(29)21-12-11-20(25(31)32)22(28-21)15-33-19-9-7-18(27)8-10-19/h3-12,23H,1-2,13-15H2,(H,31,32)/t23-/m0/s1. The van der Waals surface area contributed by atoms with Crippen LogP contribution in [-0.2, 0) is 17.8 Å². The van der Waals surface area contributed by atoms with Gasteiger partial charge in [-0.15, -0.1) is 0 Å². The largest absolute Gasteiger partial charge is 0.487 e. The number of carboxylic acids is 1. The Bertz CT molecular complexity index is 1150. The van der Waals surface area contributed by atoms with Gasteiger partial charge in [0.2, 0.25) is 5.91 Å². The zero-order valence-electron chi connectivity index (χ0n) is 17.7. The number of amides is 1. The van der Waals surface area contributed by atoms with Crippen molar-refractivity contribution >= 4 is 35.1 Å². The summed E-state index contributed by atoms with van der Waals surface area (Å²) in [5, 5.41) is 10.8. The molecule has 1 saturated heterocycles. The molecule has 0 bridgehead atoms. The van der Waals surface area contributed by atoms with Gasteiger partial charge in [0.15, 0.2) is 0 Å². The molecule has 1 fully saturated rings. The van der Waals surface area contributed by atoms with E-state index in [1.807, 2.05) is 17.0 Å². The maximum Gasteiger partial charge on any atom is 0.337 e. The van der Waals surface area contributed by atoms with E-state index in [2.05, 4.69) is 4.98 Å². The van der Waals surface area contributed by atoms with Crippen LogP contribution in [0.25, 0.3) is 0 Å². The van der Waals surface area contributed by atoms with Gasteiger partial charge in [-0.3, -0.25) is 9.78 Å². The van der Waals surface area contributed by atoms with Crippen LogP contribution < -0.4 is 4.74 Å². The molecule has 1 atom stereocenters. The van der Waals surface area contributed by atoms with Crippen LogP contribution in [0, 0.1) is 0 Å². The third-order valence-electron chi connectivity index (χ3n) is 5.60. The minimum Gasteiger partial charge on any atom is -0.487 e. The molecule has 6 nitrogen and oxygen atoms in total. The van der Waals surface area contributed by atoms with Crippen molar-refractivity contribution in [2.24, 2.45) is 0 Å². The van der Waals surface area contributed by atoms with Crippen molar-refractivity contribution in [1.29, 1.82) is 0 Å². The number of aromatic carboxylic acids is 1. The first-order chi connectivity index (χ1) is 15.9. The lowest BCUT2D eigenvalue weighted by Crippen LogP contribution is -2.32. The van der Waals surface area contributed by atoms with Crippen molar-refractivity contribution in [3.05, 3.63) is 93.2 Å². The smallest absolute Gasteiger partial charge is 0.337 e. The van der Waals surface area contributed by atoms with E-state index < -0.39 is 5.97 Å². The lowest BCUT2D eigenvalue weighted by Gasteiger charge is -2.25. The molecule has 170 valence electrons. The summed E-state index contributed by atoms with van der Waals surface area (Å²) < 4.78 is 5.74. The van der Waals surface area contributed by atoms with Crippen molar-refractivity contribution in [3.8, 4) is 5.75 Å². The molecule has 1 aliphatic rings. The molecule has 1 amide bonds. The van der Waals surface area contributed by atoms with Gasteiger partial charge in [0.25, 0.3) is 0 Å². The van der Waals surface area contributed by atoms with Crippen LogP contribution >= 0.6 is 23.2 Å². The summed E-state index contributed by atoms with van der Waals surface area (Å²) in [5.74, 6) is -0.516. The number of likely N-dealkylation sites (tertiary alicyclic amines) is 1. The van der Waals surface area contributed by atoms with Crippen molar-refractivity contribution < 1.29 is 19.4 Å². The Kier molecular flexibility index (Phi) is 7.16. The van der Waals surface area contributed by atoms with Crippen LogP contribution in [0.4, 0.5) is 0 Å². The van der Waals surface area contributed by atoms with Gasteiger partial charge in [-0.2, -0.15) is 0 Å². The molecule has 0 radical (unpaired) electrons. The molecular weight excluding hydrogens is 463 g/mol. The third kappa shape index (κ3) is 5.64. The highest BCUT2D eigenvalue weighted by atomic mass is 35.5. The second-order valence-corrected chi connectivity index (χ2v) is 8.70. The van der Waals surface area contributed by atoms with Gasteiger partial charge >= 0.3 is 5.97 Å². The Morgan fingerprint density at radius 1 is 1.00 bits per heavy atom. The highest BCUT2D eigenvalue weighted by Crippen LogP contribution is 2.32. The average molecular weight is 485 g/mol. The number of halogens is 2. The van der Waals surface area contributed by atoms with Gasteiger partial charge in [-0.25, -0.2) is 4.79 Å². The molecule has 0 spiro atoms. The first-order valence-corrected chi connectivity index (χ1v) is 11.3. The van der Waals surface area contributed by atoms with Crippen molar-refractivity contribution in [1.82, 2.24) is 9.88 Å². The SMILES string of the molecule is O=C(O)c1ccc([C@@H]2CCCN2C(=O)Cc2ccc(Cl)cc2)nc1COc1ccc(Cl)cc1. The van der Waals surface area contributed by atoms with Gasteiger partial charge in [-0.1, -0.05) is 35.3 Å². The van der Waals surface area contributed by atoms with Crippen molar-refractivity contribution in [3.63, 3.8) is 0 Å². The molecule has 1 aromatic heterocycles. The van der Waals surface area contributed by atoms with E-state index in [-0.39, 0.29) is 30.5 Å². The lowest BCUT2D eigenvalue weighted by molar-refractivity contribution is -0.131. The van der Waals surface area contributed by atoms with Crippen LogP contribution in [0.2, 0.25) is 10.0 Å². The number of pyridine rings is 1. The van der Waals surface area contributed by atoms with Gasteiger partial charge in [-0.05, 0) is 66.9 Å². The summed E-state index contributed by atoms with van der Waals surface area (Å²) in [6, 6.07) is 17.1. The number of hydrogen-bond acceptors (Lipinski definition) is 4. The summed E-state index contributed by atoms with van der Waals surface area (Å²) >= 11 is 11.8. The van der Waals surface area contributed by atoms with E-state index >= 15 is 0 Å². The van der Waals surface area contributed by atoms with E-state index in [9.17, 15) is 14.7 Å². The van der Waals surface area contributed by atoms with Gasteiger partial charge < -0.3 is 14.7 Å². The molecule has 0 saturated carbocycles. The molecule has 1 N–H and O–H groups in total. The fourth-order valence-corrected chi connectivity index (χ4v) is 4.19. The summed E-state index contributed by atoms with van der Waals surface area (Å²) in [6.45, 7) is 0.624. The molecular formula is C25H22Cl2N2O4. The van der Waals surface area contributed by atoms with Crippen molar-refractivity contribution in [2.75, 3.05) is 6.54 Å². The molecule has 8 heteroatoms. The summed E-state index contributed by atoms with van der Waals surface area (Å²) in [4.78, 5) is 31.2. The first-order valence-electron chi connectivity index (χ1n) is 10.6. The van der Waals surface area contributed by atoms with Crippen LogP contribution in [0.15, 0.2) is 60.7 Å². The van der Waals surface area contributed by atoms with E-state index in [4.69, 9.17) is 27.9 Å². The third-order valence-corrected chi connectivity index (χ3v) is 6.10. The molecule has 0 unspecified atom stereocenters. The number of aromatic nitrogens is 1. The molecule has 4 rings (SSSR count). The van der Waals surface area contributed by atoms with Gasteiger partial charge in [0.05, 0.1) is 29.4 Å².